The zero-order chi connectivity index (χ0) is 18.5. The summed E-state index contributed by atoms with van der Waals surface area (Å²) in [5.41, 5.74) is 7.16. The van der Waals surface area contributed by atoms with Crippen LogP contribution in [0.4, 0.5) is 0 Å². The lowest BCUT2D eigenvalue weighted by Crippen LogP contribution is -2.60. The first-order chi connectivity index (χ1) is 12.9. The molecule has 7 heteroatoms. The third-order valence-corrected chi connectivity index (χ3v) is 7.82. The molecule has 3 heterocycles. The number of carbonyl (C=O) groups is 1. The number of carbonyl (C=O) groups excluding carboxylic acids is 1. The molecule has 6 aliphatic rings. The molecule has 5 fully saturated rings. The Hall–Kier alpha value is -1.73. The Morgan fingerprint density at radius 3 is 2.30 bits per heavy atom. The Morgan fingerprint density at radius 1 is 1.07 bits per heavy atom. The smallest absolute Gasteiger partial charge is 0.240 e. The van der Waals surface area contributed by atoms with Gasteiger partial charge in [0, 0.05) is 11.6 Å². The van der Waals surface area contributed by atoms with Gasteiger partial charge in [-0.05, 0) is 62.7 Å². The SMILES string of the molecule is NC1CC2OC1c1c2c(O)n(CC(=O)NC23CC4CC(CC(C4)C2)C3)c1O. The fourth-order valence-corrected chi connectivity index (χ4v) is 7.29. The van der Waals surface area contributed by atoms with Crippen molar-refractivity contribution < 1.29 is 19.7 Å². The van der Waals surface area contributed by atoms with Crippen LogP contribution < -0.4 is 11.1 Å². The average Bonchev–Trinajstić information content (AvgIpc) is 3.20. The van der Waals surface area contributed by atoms with Crippen LogP contribution >= 0.6 is 0 Å². The van der Waals surface area contributed by atoms with Crippen LogP contribution in [0.25, 0.3) is 0 Å². The van der Waals surface area contributed by atoms with E-state index >= 15 is 0 Å². The standard InChI is InChI=1S/C20H27N3O4/c21-12-4-13-15-16(17(12)27-13)19(26)23(18(15)25)8-14(24)22-20-5-9-1-10(6-20)3-11(2-9)7-20/h9-13,17,25-26H,1-8,21H2,(H,22,24). The van der Waals surface area contributed by atoms with E-state index in [2.05, 4.69) is 5.32 Å². The Balaban J connectivity index is 1.24. The van der Waals surface area contributed by atoms with Crippen LogP contribution in [0.1, 0.15) is 68.3 Å². The van der Waals surface area contributed by atoms with Crippen molar-refractivity contribution in [1.29, 1.82) is 0 Å². The minimum absolute atomic E-state index is 0.0532. The van der Waals surface area contributed by atoms with Crippen molar-refractivity contribution in [2.24, 2.45) is 23.5 Å². The van der Waals surface area contributed by atoms with E-state index in [1.807, 2.05) is 0 Å². The number of ether oxygens (including phenoxy) is 1. The average molecular weight is 373 g/mol. The van der Waals surface area contributed by atoms with Gasteiger partial charge in [-0.25, -0.2) is 0 Å². The number of aromatic hydroxyl groups is 2. The predicted molar refractivity (Wildman–Crippen MR) is 96.0 cm³/mol. The van der Waals surface area contributed by atoms with E-state index in [-0.39, 0.29) is 48.0 Å². The van der Waals surface area contributed by atoms with Crippen LogP contribution in [0.5, 0.6) is 11.8 Å². The van der Waals surface area contributed by atoms with Gasteiger partial charge >= 0.3 is 0 Å². The van der Waals surface area contributed by atoms with Gasteiger partial charge in [-0.1, -0.05) is 0 Å². The highest BCUT2D eigenvalue weighted by molar-refractivity contribution is 5.77. The van der Waals surface area contributed by atoms with Crippen LogP contribution in [-0.2, 0) is 16.1 Å². The number of rotatable bonds is 3. The molecule has 7 rings (SSSR count). The highest BCUT2D eigenvalue weighted by atomic mass is 16.5. The summed E-state index contributed by atoms with van der Waals surface area (Å²) < 4.78 is 7.07. The van der Waals surface area contributed by atoms with E-state index in [0.717, 1.165) is 37.0 Å². The van der Waals surface area contributed by atoms with Gasteiger partial charge in [-0.15, -0.1) is 0 Å². The second kappa shape index (κ2) is 5.20. The number of aromatic nitrogens is 1. The molecule has 4 saturated carbocycles. The van der Waals surface area contributed by atoms with Gasteiger partial charge in [0.2, 0.25) is 17.7 Å². The maximum atomic E-state index is 12.9. The van der Waals surface area contributed by atoms with E-state index < -0.39 is 0 Å². The first-order valence-electron chi connectivity index (χ1n) is 10.3. The first kappa shape index (κ1) is 16.2. The van der Waals surface area contributed by atoms with E-state index in [4.69, 9.17) is 10.5 Å². The molecule has 3 unspecified atom stereocenters. The molecule has 1 amide bonds. The van der Waals surface area contributed by atoms with E-state index in [1.54, 1.807) is 0 Å². The molecule has 0 radical (unpaired) electrons. The molecule has 1 saturated heterocycles. The molecular weight excluding hydrogens is 346 g/mol. The summed E-state index contributed by atoms with van der Waals surface area (Å²) >= 11 is 0. The third-order valence-electron chi connectivity index (χ3n) is 7.82. The zero-order valence-corrected chi connectivity index (χ0v) is 15.4. The molecule has 2 aliphatic heterocycles. The summed E-state index contributed by atoms with van der Waals surface area (Å²) in [5.74, 6) is 2.00. The van der Waals surface area contributed by atoms with Crippen molar-refractivity contribution in [2.45, 2.75) is 75.3 Å². The summed E-state index contributed by atoms with van der Waals surface area (Å²) in [4.78, 5) is 12.9. The van der Waals surface area contributed by atoms with Crippen molar-refractivity contribution in [3.8, 4) is 11.8 Å². The number of hydrogen-bond donors (Lipinski definition) is 4. The molecule has 4 aliphatic carbocycles. The lowest BCUT2D eigenvalue weighted by molar-refractivity contribution is -0.127. The number of nitrogens with two attached hydrogens (primary N) is 1. The minimum atomic E-state index is -0.386. The van der Waals surface area contributed by atoms with Crippen LogP contribution in [-0.4, -0.2) is 32.3 Å². The molecule has 5 N–H and O–H groups in total. The minimum Gasteiger partial charge on any atom is -0.494 e. The van der Waals surface area contributed by atoms with Crippen LogP contribution in [0.3, 0.4) is 0 Å². The predicted octanol–water partition coefficient (Wildman–Crippen LogP) is 1.83. The summed E-state index contributed by atoms with van der Waals surface area (Å²) in [6.45, 7) is -0.0684. The van der Waals surface area contributed by atoms with Crippen molar-refractivity contribution in [1.82, 2.24) is 9.88 Å². The molecule has 0 aromatic carbocycles. The summed E-state index contributed by atoms with van der Waals surface area (Å²) in [5, 5.41) is 24.6. The second-order valence-electron chi connectivity index (χ2n) is 9.75. The van der Waals surface area contributed by atoms with Gasteiger partial charge in [0.15, 0.2) is 0 Å². The number of nitrogens with one attached hydrogen (secondary N) is 1. The van der Waals surface area contributed by atoms with E-state index in [0.29, 0.717) is 17.5 Å². The van der Waals surface area contributed by atoms with Crippen molar-refractivity contribution >= 4 is 5.91 Å². The lowest BCUT2D eigenvalue weighted by atomic mass is 9.53. The largest absolute Gasteiger partial charge is 0.494 e. The van der Waals surface area contributed by atoms with Gasteiger partial charge in [0.05, 0.1) is 17.2 Å². The first-order valence-corrected chi connectivity index (χ1v) is 10.3. The molecule has 146 valence electrons. The molecule has 27 heavy (non-hydrogen) atoms. The summed E-state index contributed by atoms with van der Waals surface area (Å²) in [6.07, 6.45) is 7.18. The Morgan fingerprint density at radius 2 is 1.67 bits per heavy atom. The van der Waals surface area contributed by atoms with Gasteiger partial charge in [0.1, 0.15) is 12.6 Å². The van der Waals surface area contributed by atoms with Gasteiger partial charge in [-0.3, -0.25) is 9.36 Å². The van der Waals surface area contributed by atoms with Crippen LogP contribution in [0.2, 0.25) is 0 Å². The quantitative estimate of drug-likeness (QED) is 0.646. The molecule has 7 nitrogen and oxygen atoms in total. The number of amides is 1. The Bertz CT molecular complexity index is 796. The fourth-order valence-electron chi connectivity index (χ4n) is 7.29. The van der Waals surface area contributed by atoms with Gasteiger partial charge in [-0.2, -0.15) is 0 Å². The molecule has 1 aromatic heterocycles. The van der Waals surface area contributed by atoms with E-state index in [1.165, 1.54) is 23.8 Å². The highest BCUT2D eigenvalue weighted by Gasteiger charge is 2.52. The topological polar surface area (TPSA) is 110 Å². The molecular formula is C20H27N3O4. The number of hydrogen-bond acceptors (Lipinski definition) is 5. The zero-order valence-electron chi connectivity index (χ0n) is 15.4. The van der Waals surface area contributed by atoms with Gasteiger partial charge in [0.25, 0.3) is 0 Å². The van der Waals surface area contributed by atoms with Crippen LogP contribution in [0.15, 0.2) is 0 Å². The second-order valence-corrected chi connectivity index (χ2v) is 9.75. The van der Waals surface area contributed by atoms with Crippen molar-refractivity contribution in [3.63, 3.8) is 0 Å². The Labute approximate surface area is 157 Å². The van der Waals surface area contributed by atoms with Crippen molar-refractivity contribution in [2.75, 3.05) is 0 Å². The monoisotopic (exact) mass is 373 g/mol. The maximum Gasteiger partial charge on any atom is 0.240 e. The maximum absolute atomic E-state index is 12.9. The number of nitrogens with zero attached hydrogens (tertiary/aromatic N) is 1. The summed E-state index contributed by atoms with van der Waals surface area (Å²) in [6, 6.07) is -0.176. The number of fused-ring (bicyclic) bond motifs is 5. The normalized spacial score (nSPS) is 43.3. The molecule has 1 aromatic rings. The summed E-state index contributed by atoms with van der Waals surface area (Å²) in [7, 11) is 0. The molecule has 0 spiro atoms. The lowest BCUT2D eigenvalue weighted by Gasteiger charge is -2.56. The van der Waals surface area contributed by atoms with E-state index in [9.17, 15) is 15.0 Å². The third kappa shape index (κ3) is 2.18. The fraction of sp³-hybridized carbons (Fsp3) is 0.750. The molecule has 3 atom stereocenters. The highest BCUT2D eigenvalue weighted by Crippen LogP contribution is 2.58. The van der Waals surface area contributed by atoms with Crippen LogP contribution in [0, 0.1) is 17.8 Å². The Kier molecular flexibility index (Phi) is 3.13. The molecule has 6 bridgehead atoms. The van der Waals surface area contributed by atoms with Crippen molar-refractivity contribution in [3.05, 3.63) is 11.1 Å². The van der Waals surface area contributed by atoms with Gasteiger partial charge < -0.3 is 26.0 Å².